The van der Waals surface area contributed by atoms with Crippen LogP contribution in [0.3, 0.4) is 0 Å². The van der Waals surface area contributed by atoms with E-state index < -0.39 is 0 Å². The van der Waals surface area contributed by atoms with Crippen molar-refractivity contribution in [2.24, 2.45) is 5.73 Å². The van der Waals surface area contributed by atoms with Gasteiger partial charge in [-0.05, 0) is 13.0 Å². The van der Waals surface area contributed by atoms with Crippen molar-refractivity contribution >= 4 is 11.0 Å². The van der Waals surface area contributed by atoms with Gasteiger partial charge in [-0.1, -0.05) is 6.92 Å². The number of aromatic nitrogens is 2. The molecule has 1 heterocycles. The summed E-state index contributed by atoms with van der Waals surface area (Å²) in [6.07, 6.45) is 1.83. The molecule has 19 heavy (non-hydrogen) atoms. The molecule has 2 N–H and O–H groups in total. The molecule has 0 atom stereocenters. The fraction of sp³-hybridized carbons (Fsp3) is 0.500. The van der Waals surface area contributed by atoms with E-state index in [1.165, 1.54) is 0 Å². The Morgan fingerprint density at radius 1 is 1.21 bits per heavy atom. The van der Waals surface area contributed by atoms with E-state index in [4.69, 9.17) is 15.2 Å². The summed E-state index contributed by atoms with van der Waals surface area (Å²) in [6.45, 7) is 3.68. The van der Waals surface area contributed by atoms with Crippen molar-refractivity contribution in [3.8, 4) is 11.5 Å². The number of nitrogens with zero attached hydrogens (tertiary/aromatic N) is 2. The third-order valence-corrected chi connectivity index (χ3v) is 3.15. The number of nitrogens with two attached hydrogens (primary N) is 1. The van der Waals surface area contributed by atoms with Gasteiger partial charge in [-0.3, -0.25) is 0 Å². The summed E-state index contributed by atoms with van der Waals surface area (Å²) in [5, 5.41) is 0. The van der Waals surface area contributed by atoms with Crippen molar-refractivity contribution in [3.63, 3.8) is 0 Å². The highest BCUT2D eigenvalue weighted by Crippen LogP contribution is 2.32. The predicted molar refractivity (Wildman–Crippen MR) is 75.9 cm³/mol. The van der Waals surface area contributed by atoms with E-state index in [2.05, 4.69) is 16.5 Å². The lowest BCUT2D eigenvalue weighted by Crippen LogP contribution is -2.10. The van der Waals surface area contributed by atoms with Crippen LogP contribution >= 0.6 is 0 Å². The van der Waals surface area contributed by atoms with E-state index in [1.807, 2.05) is 12.1 Å². The van der Waals surface area contributed by atoms with Crippen LogP contribution in [-0.4, -0.2) is 30.3 Å². The molecule has 0 aliphatic carbocycles. The fourth-order valence-electron chi connectivity index (χ4n) is 2.29. The van der Waals surface area contributed by atoms with E-state index in [1.54, 1.807) is 14.2 Å². The number of imidazole rings is 1. The summed E-state index contributed by atoms with van der Waals surface area (Å²) < 4.78 is 12.9. The van der Waals surface area contributed by atoms with Crippen LogP contribution in [0, 0.1) is 0 Å². The number of methoxy groups -OCH3 is 2. The summed E-state index contributed by atoms with van der Waals surface area (Å²) in [6, 6.07) is 3.90. The van der Waals surface area contributed by atoms with E-state index in [0.717, 1.165) is 42.0 Å². The molecule has 0 aliphatic rings. The first-order chi connectivity index (χ1) is 9.24. The highest BCUT2D eigenvalue weighted by atomic mass is 16.5. The highest BCUT2D eigenvalue weighted by Gasteiger charge is 2.14. The molecule has 0 fully saturated rings. The molecule has 0 saturated heterocycles. The monoisotopic (exact) mass is 263 g/mol. The number of rotatable bonds is 6. The van der Waals surface area contributed by atoms with Gasteiger partial charge in [0.2, 0.25) is 0 Å². The molecule has 0 spiro atoms. The first kappa shape index (κ1) is 13.7. The maximum absolute atomic E-state index is 5.66. The van der Waals surface area contributed by atoms with Gasteiger partial charge >= 0.3 is 0 Å². The summed E-state index contributed by atoms with van der Waals surface area (Å²) in [5.41, 5.74) is 7.65. The maximum Gasteiger partial charge on any atom is 0.163 e. The molecule has 2 aromatic rings. The first-order valence-corrected chi connectivity index (χ1v) is 6.56. The van der Waals surface area contributed by atoms with Gasteiger partial charge in [0.05, 0.1) is 25.3 Å². The largest absolute Gasteiger partial charge is 0.493 e. The molecule has 0 saturated carbocycles. The van der Waals surface area contributed by atoms with Gasteiger partial charge in [-0.15, -0.1) is 0 Å². The lowest BCUT2D eigenvalue weighted by Gasteiger charge is -2.09. The average Bonchev–Trinajstić information content (AvgIpc) is 2.75. The number of hydrogen-bond acceptors (Lipinski definition) is 4. The van der Waals surface area contributed by atoms with E-state index in [-0.39, 0.29) is 0 Å². The molecule has 0 unspecified atom stereocenters. The smallest absolute Gasteiger partial charge is 0.163 e. The molecule has 1 aromatic heterocycles. The molecule has 0 radical (unpaired) electrons. The standard InChI is InChI=1S/C14H21N3O2/c1-4-7-17-11-9-13(19-3)12(18-2)8-10(11)16-14(17)5-6-15/h8-9H,4-7,15H2,1-3H3. The van der Waals surface area contributed by atoms with Gasteiger partial charge in [0, 0.05) is 25.1 Å². The number of ether oxygens (including phenoxy) is 2. The lowest BCUT2D eigenvalue weighted by atomic mass is 10.2. The van der Waals surface area contributed by atoms with E-state index in [9.17, 15) is 0 Å². The van der Waals surface area contributed by atoms with Crippen LogP contribution in [0.2, 0.25) is 0 Å². The van der Waals surface area contributed by atoms with Gasteiger partial charge in [0.25, 0.3) is 0 Å². The summed E-state index contributed by atoms with van der Waals surface area (Å²) in [5.74, 6) is 2.46. The van der Waals surface area contributed by atoms with Crippen molar-refractivity contribution in [1.82, 2.24) is 9.55 Å². The van der Waals surface area contributed by atoms with E-state index >= 15 is 0 Å². The zero-order valence-electron chi connectivity index (χ0n) is 11.8. The SMILES string of the molecule is CCCn1c(CCN)nc2cc(OC)c(OC)cc21. The maximum atomic E-state index is 5.66. The Hall–Kier alpha value is -1.75. The molecule has 0 bridgehead atoms. The number of fused-ring (bicyclic) bond motifs is 1. The summed E-state index contributed by atoms with van der Waals surface area (Å²) >= 11 is 0. The third kappa shape index (κ3) is 2.51. The second kappa shape index (κ2) is 5.93. The van der Waals surface area contributed by atoms with Crippen LogP contribution in [0.5, 0.6) is 11.5 Å². The highest BCUT2D eigenvalue weighted by molar-refractivity contribution is 5.80. The Labute approximate surface area is 113 Å². The van der Waals surface area contributed by atoms with Gasteiger partial charge in [0.15, 0.2) is 11.5 Å². The first-order valence-electron chi connectivity index (χ1n) is 6.56. The zero-order valence-corrected chi connectivity index (χ0v) is 11.8. The molecule has 1 aromatic carbocycles. The molecule has 0 aliphatic heterocycles. The minimum atomic E-state index is 0.599. The Morgan fingerprint density at radius 2 is 1.89 bits per heavy atom. The Kier molecular flexibility index (Phi) is 4.27. The molecule has 104 valence electrons. The van der Waals surface area contributed by atoms with Crippen molar-refractivity contribution < 1.29 is 9.47 Å². The van der Waals surface area contributed by atoms with Crippen LogP contribution in [0.4, 0.5) is 0 Å². The van der Waals surface area contributed by atoms with Crippen molar-refractivity contribution in [2.75, 3.05) is 20.8 Å². The van der Waals surface area contributed by atoms with Gasteiger partial charge < -0.3 is 19.8 Å². The fourth-order valence-corrected chi connectivity index (χ4v) is 2.29. The third-order valence-electron chi connectivity index (χ3n) is 3.15. The molecular formula is C14H21N3O2. The lowest BCUT2D eigenvalue weighted by molar-refractivity contribution is 0.355. The topological polar surface area (TPSA) is 62.3 Å². The number of hydrogen-bond donors (Lipinski definition) is 1. The number of benzene rings is 1. The molecule has 5 nitrogen and oxygen atoms in total. The molecular weight excluding hydrogens is 242 g/mol. The van der Waals surface area contributed by atoms with Crippen LogP contribution < -0.4 is 15.2 Å². The quantitative estimate of drug-likeness (QED) is 0.865. The van der Waals surface area contributed by atoms with Gasteiger partial charge in [-0.25, -0.2) is 4.98 Å². The van der Waals surface area contributed by atoms with Crippen LogP contribution in [0.1, 0.15) is 19.2 Å². The van der Waals surface area contributed by atoms with Crippen molar-refractivity contribution in [1.29, 1.82) is 0 Å². The average molecular weight is 263 g/mol. The van der Waals surface area contributed by atoms with Crippen molar-refractivity contribution in [3.05, 3.63) is 18.0 Å². The Bertz CT molecular complexity index is 563. The molecule has 0 amide bonds. The minimum absolute atomic E-state index is 0.599. The minimum Gasteiger partial charge on any atom is -0.493 e. The second-order valence-electron chi connectivity index (χ2n) is 4.41. The second-order valence-corrected chi connectivity index (χ2v) is 4.41. The van der Waals surface area contributed by atoms with Crippen LogP contribution in [-0.2, 0) is 13.0 Å². The predicted octanol–water partition coefficient (Wildman–Crippen LogP) is 1.96. The van der Waals surface area contributed by atoms with Gasteiger partial charge in [-0.2, -0.15) is 0 Å². The zero-order chi connectivity index (χ0) is 13.8. The molecule has 2 rings (SSSR count). The number of aryl methyl sites for hydroxylation is 1. The Balaban J connectivity index is 2.62. The Morgan fingerprint density at radius 3 is 2.47 bits per heavy atom. The normalized spacial score (nSPS) is 10.9. The van der Waals surface area contributed by atoms with E-state index in [0.29, 0.717) is 12.3 Å². The summed E-state index contributed by atoms with van der Waals surface area (Å²) in [4.78, 5) is 4.65. The molecule has 5 heteroatoms. The van der Waals surface area contributed by atoms with Crippen LogP contribution in [0.15, 0.2) is 12.1 Å². The summed E-state index contributed by atoms with van der Waals surface area (Å²) in [7, 11) is 3.28. The van der Waals surface area contributed by atoms with Crippen LogP contribution in [0.25, 0.3) is 11.0 Å². The van der Waals surface area contributed by atoms with Gasteiger partial charge in [0.1, 0.15) is 5.82 Å². The van der Waals surface area contributed by atoms with Crippen molar-refractivity contribution in [2.45, 2.75) is 26.3 Å².